The van der Waals surface area contributed by atoms with Crippen molar-refractivity contribution in [2.75, 3.05) is 85.9 Å². The summed E-state index contributed by atoms with van der Waals surface area (Å²) in [4.78, 5) is 43.6. The number of piperazine rings is 2. The molecule has 0 aromatic heterocycles. The van der Waals surface area contributed by atoms with Crippen LogP contribution in [0.3, 0.4) is 0 Å². The molecule has 6 N–H and O–H groups in total. The molecule has 0 saturated carbocycles. The number of phenols is 3. The summed E-state index contributed by atoms with van der Waals surface area (Å²) >= 11 is 0. The van der Waals surface area contributed by atoms with E-state index in [2.05, 4.69) is 30.9 Å². The lowest BCUT2D eigenvalue weighted by Gasteiger charge is -2.36. The molecular weight excluding hydrogens is 1130 g/mol. The van der Waals surface area contributed by atoms with Gasteiger partial charge in [-0.2, -0.15) is 0 Å². The van der Waals surface area contributed by atoms with Crippen LogP contribution in [-0.4, -0.2) is 103 Å². The molecule has 9 aromatic rings. The highest BCUT2D eigenvalue weighted by molar-refractivity contribution is 5.90. The Balaban J connectivity index is 0.000000163. The molecule has 0 aliphatic carbocycles. The number of ether oxygens (including phenoxy) is 3. The Morgan fingerprint density at radius 2 is 0.767 bits per heavy atom. The van der Waals surface area contributed by atoms with Crippen LogP contribution in [0.1, 0.15) is 48.4 Å². The van der Waals surface area contributed by atoms with Gasteiger partial charge in [-0.25, -0.2) is 9.59 Å². The van der Waals surface area contributed by atoms with Gasteiger partial charge in [-0.1, -0.05) is 111 Å². The Morgan fingerprint density at radius 3 is 1.14 bits per heavy atom. The topological polar surface area (TPSA) is 201 Å². The number of nitrogens with one attached hydrogen (secondary N) is 3. The van der Waals surface area contributed by atoms with Gasteiger partial charge in [0.2, 0.25) is 0 Å². The van der Waals surface area contributed by atoms with Crippen molar-refractivity contribution >= 4 is 40.5 Å². The molecule has 466 valence electrons. The quantitative estimate of drug-likeness (QED) is 0.0531. The van der Waals surface area contributed by atoms with E-state index >= 15 is 0 Å². The standard InChI is InChI=1S/C25H26N2O3.C24H25N3O3.C13H11NO2.C10H14N2O.CH4/c28-23-10-6-20(7-11-23)21-14-16-27(17-15-21)25(29)26-22-8-12-24(13-9-22)30-18-19-4-2-1-3-5-19;28-22-10-8-21(9-11-22)26-14-16-27(17-15-26)24(29)25-20-6-12-23(13-7-20)30-18-19-4-2-1-3-5-19;15-14-12-6-8-13(9-7-12)16-10-11-4-2-1-3-5-11;13-10-3-1-9(2-4-10)12-7-5-11-6-8-12;/h1-13,21,28H,14-18H2,(H,26,29);1-13,28H,14-18H2,(H,25,29);1-9H,10H2;1-4,11,13H,5-8H2;1H4. The second-order valence-electron chi connectivity index (χ2n) is 21.4. The molecule has 0 bridgehead atoms. The number of rotatable bonds is 15. The predicted octanol–water partition coefficient (Wildman–Crippen LogP) is 14.8. The van der Waals surface area contributed by atoms with Gasteiger partial charge < -0.3 is 65.1 Å². The number of hydrogen-bond acceptors (Lipinski definition) is 13. The molecule has 0 unspecified atom stereocenters. The summed E-state index contributed by atoms with van der Waals surface area (Å²) in [6.45, 7) is 9.96. The second-order valence-corrected chi connectivity index (χ2v) is 21.4. The molecule has 0 spiro atoms. The number of hydrogen-bond donors (Lipinski definition) is 6. The average molecular weight is 1210 g/mol. The van der Waals surface area contributed by atoms with E-state index in [1.54, 1.807) is 60.7 Å². The highest BCUT2D eigenvalue weighted by Crippen LogP contribution is 2.30. The van der Waals surface area contributed by atoms with Crippen LogP contribution in [0.25, 0.3) is 0 Å². The zero-order chi connectivity index (χ0) is 61.8. The van der Waals surface area contributed by atoms with Crippen molar-refractivity contribution < 1.29 is 39.1 Å². The molecule has 17 nitrogen and oxygen atoms in total. The first-order valence-electron chi connectivity index (χ1n) is 29.9. The smallest absolute Gasteiger partial charge is 0.321 e. The van der Waals surface area contributed by atoms with Crippen molar-refractivity contribution in [3.63, 3.8) is 0 Å². The first-order valence-corrected chi connectivity index (χ1v) is 29.9. The molecule has 3 heterocycles. The number of aromatic hydroxyl groups is 3. The maximum Gasteiger partial charge on any atom is 0.321 e. The third-order valence-electron chi connectivity index (χ3n) is 15.2. The summed E-state index contributed by atoms with van der Waals surface area (Å²) in [5.41, 5.74) is 8.72. The van der Waals surface area contributed by atoms with Gasteiger partial charge in [0.25, 0.3) is 0 Å². The molecule has 0 radical (unpaired) electrons. The normalized spacial score (nSPS) is 13.6. The minimum atomic E-state index is -0.0988. The fourth-order valence-electron chi connectivity index (χ4n) is 10.1. The van der Waals surface area contributed by atoms with Crippen LogP contribution in [0.15, 0.2) is 242 Å². The molecule has 12 rings (SSSR count). The van der Waals surface area contributed by atoms with Crippen molar-refractivity contribution in [3.05, 3.63) is 264 Å². The van der Waals surface area contributed by atoms with E-state index in [4.69, 9.17) is 19.3 Å². The first-order chi connectivity index (χ1) is 43.6. The van der Waals surface area contributed by atoms with Gasteiger partial charge in [-0.05, 0) is 180 Å². The van der Waals surface area contributed by atoms with E-state index in [0.717, 1.165) is 116 Å². The number of anilines is 4. The highest BCUT2D eigenvalue weighted by atomic mass is 16.5. The van der Waals surface area contributed by atoms with E-state index in [9.17, 15) is 24.7 Å². The minimum Gasteiger partial charge on any atom is -0.508 e. The molecule has 3 saturated heterocycles. The average Bonchev–Trinajstić information content (AvgIpc) is 3.80. The Labute approximate surface area is 527 Å². The van der Waals surface area contributed by atoms with Gasteiger partial charge in [0.1, 0.15) is 60.0 Å². The molecule has 4 amide bonds. The number of nitroso groups, excluding NO2 is 1. The summed E-state index contributed by atoms with van der Waals surface area (Å²) in [5, 5.41) is 40.0. The summed E-state index contributed by atoms with van der Waals surface area (Å²) in [5.74, 6) is 3.57. The zero-order valence-electron chi connectivity index (χ0n) is 49.7. The largest absolute Gasteiger partial charge is 0.508 e. The van der Waals surface area contributed by atoms with Crippen molar-refractivity contribution in [2.24, 2.45) is 5.18 Å². The van der Waals surface area contributed by atoms with Crippen LogP contribution in [0.4, 0.5) is 38.0 Å². The highest BCUT2D eigenvalue weighted by Gasteiger charge is 2.25. The number of likely N-dealkylation sites (tertiary alicyclic amines) is 1. The fraction of sp³-hybridized carbons (Fsp3) is 0.233. The van der Waals surface area contributed by atoms with E-state index in [0.29, 0.717) is 50.3 Å². The summed E-state index contributed by atoms with van der Waals surface area (Å²) in [7, 11) is 0. The predicted molar refractivity (Wildman–Crippen MR) is 359 cm³/mol. The van der Waals surface area contributed by atoms with Crippen LogP contribution >= 0.6 is 0 Å². The minimum absolute atomic E-state index is 0. The van der Waals surface area contributed by atoms with Gasteiger partial charge in [0.05, 0.1) is 0 Å². The fourth-order valence-corrected chi connectivity index (χ4v) is 10.1. The lowest BCUT2D eigenvalue weighted by Crippen LogP contribution is -2.50. The number of nitrogens with zero attached hydrogens (tertiary/aromatic N) is 5. The Bertz CT molecular complexity index is 3350. The van der Waals surface area contributed by atoms with Gasteiger partial charge in [0.15, 0.2) is 0 Å². The molecule has 9 aromatic carbocycles. The molecule has 90 heavy (non-hydrogen) atoms. The SMILES string of the molecule is C.O=C(Nc1ccc(OCc2ccccc2)cc1)N1CCC(c2ccc(O)cc2)CC1.O=C(Nc1ccc(OCc2ccccc2)cc1)N1CCN(c2ccc(O)cc2)CC1.O=Nc1ccc(OCc2ccccc2)cc1.Oc1ccc(N2CCNCC2)cc1. The van der Waals surface area contributed by atoms with Gasteiger partial charge in [-0.15, -0.1) is 4.91 Å². The number of urea groups is 2. The molecule has 0 atom stereocenters. The third-order valence-corrected chi connectivity index (χ3v) is 15.2. The second kappa shape index (κ2) is 34.7. The van der Waals surface area contributed by atoms with Crippen molar-refractivity contribution in [2.45, 2.75) is 46.0 Å². The maximum absolute atomic E-state index is 12.6. The third kappa shape index (κ3) is 21.1. The summed E-state index contributed by atoms with van der Waals surface area (Å²) < 4.78 is 17.1. The van der Waals surface area contributed by atoms with Gasteiger partial charge >= 0.3 is 12.1 Å². The number of phenolic OH excluding ortho intramolecular Hbond substituents is 3. The molecule has 3 aliphatic heterocycles. The van der Waals surface area contributed by atoms with Crippen LogP contribution < -0.4 is 40.0 Å². The van der Waals surface area contributed by atoms with Gasteiger partial charge in [-0.3, -0.25) is 0 Å². The molecule has 17 heteroatoms. The number of benzene rings is 9. The van der Waals surface area contributed by atoms with E-state index in [-0.39, 0.29) is 31.0 Å². The lowest BCUT2D eigenvalue weighted by molar-refractivity contribution is 0.194. The lowest BCUT2D eigenvalue weighted by atomic mass is 9.89. The van der Waals surface area contributed by atoms with Gasteiger partial charge in [0, 0.05) is 88.2 Å². The van der Waals surface area contributed by atoms with Crippen molar-refractivity contribution in [1.29, 1.82) is 0 Å². The number of carbonyl (C=O) groups excluding carboxylic acids is 2. The summed E-state index contributed by atoms with van der Waals surface area (Å²) in [6, 6.07) is 73.3. The van der Waals surface area contributed by atoms with Crippen LogP contribution in [-0.2, 0) is 19.8 Å². The van der Waals surface area contributed by atoms with E-state index in [1.807, 2.05) is 186 Å². The van der Waals surface area contributed by atoms with E-state index in [1.165, 1.54) is 11.3 Å². The molecule has 3 aliphatic rings. The Morgan fingerprint density at radius 1 is 0.422 bits per heavy atom. The number of carbonyl (C=O) groups is 2. The van der Waals surface area contributed by atoms with Crippen LogP contribution in [0.5, 0.6) is 34.5 Å². The van der Waals surface area contributed by atoms with Crippen molar-refractivity contribution in [1.82, 2.24) is 15.1 Å². The maximum atomic E-state index is 12.6. The molecule has 3 fully saturated rings. The van der Waals surface area contributed by atoms with Crippen molar-refractivity contribution in [3.8, 4) is 34.5 Å². The number of piperidine rings is 1. The summed E-state index contributed by atoms with van der Waals surface area (Å²) in [6.07, 6.45) is 1.84. The van der Waals surface area contributed by atoms with Crippen LogP contribution in [0.2, 0.25) is 0 Å². The van der Waals surface area contributed by atoms with Crippen LogP contribution in [0, 0.1) is 4.91 Å². The first kappa shape index (κ1) is 65.5. The monoisotopic (exact) mass is 1210 g/mol. The number of amides is 4. The molecular formula is C73H80N8O9. The Hall–Kier alpha value is -10.5. The van der Waals surface area contributed by atoms with E-state index < -0.39 is 0 Å². The Kier molecular flexibility index (Phi) is 25.3. The zero-order valence-corrected chi connectivity index (χ0v) is 49.7.